The topological polar surface area (TPSA) is 127 Å². The van der Waals surface area contributed by atoms with Crippen LogP contribution in [0.3, 0.4) is 0 Å². The van der Waals surface area contributed by atoms with Crippen LogP contribution in [-0.4, -0.2) is 27.8 Å². The second-order valence-corrected chi connectivity index (χ2v) is 4.15. The first-order valence-electron chi connectivity index (χ1n) is 5.74. The first-order valence-corrected chi connectivity index (χ1v) is 5.74. The lowest BCUT2D eigenvalue weighted by Crippen LogP contribution is -2.53. The van der Waals surface area contributed by atoms with Gasteiger partial charge in [0.25, 0.3) is 0 Å². The minimum atomic E-state index is -1.58. The Morgan fingerprint density at radius 2 is 1.47 bits per heavy atom. The van der Waals surface area contributed by atoms with Gasteiger partial charge in [0.2, 0.25) is 0 Å². The first kappa shape index (κ1) is 18.2. The van der Waals surface area contributed by atoms with Crippen LogP contribution in [0.1, 0.15) is 52.4 Å². The molecule has 0 atom stereocenters. The van der Waals surface area contributed by atoms with Gasteiger partial charge in [-0.2, -0.15) is 0 Å². The highest BCUT2D eigenvalue weighted by Crippen LogP contribution is 2.04. The molecular weight excluding hydrogens is 224 g/mol. The summed E-state index contributed by atoms with van der Waals surface area (Å²) in [7, 11) is 0. The molecule has 0 aromatic carbocycles. The smallest absolute Gasteiger partial charge is 0.338 e. The molecule has 0 bridgehead atoms. The van der Waals surface area contributed by atoms with Crippen molar-refractivity contribution in [1.29, 1.82) is 0 Å². The van der Waals surface area contributed by atoms with Crippen molar-refractivity contribution in [3.05, 3.63) is 0 Å². The summed E-state index contributed by atoms with van der Waals surface area (Å²) in [6, 6.07) is 0. The average Bonchev–Trinajstić information content (AvgIpc) is 2.16. The van der Waals surface area contributed by atoms with Gasteiger partial charge >= 0.3 is 11.9 Å². The molecule has 6 N–H and O–H groups in total. The van der Waals surface area contributed by atoms with Gasteiger partial charge in [-0.05, 0) is 13.3 Å². The van der Waals surface area contributed by atoms with Crippen molar-refractivity contribution in [3.63, 3.8) is 0 Å². The van der Waals surface area contributed by atoms with E-state index in [4.69, 9.17) is 21.7 Å². The number of carbonyl (C=O) groups is 2. The van der Waals surface area contributed by atoms with E-state index in [0.717, 1.165) is 12.8 Å². The van der Waals surface area contributed by atoms with Crippen molar-refractivity contribution in [2.75, 3.05) is 0 Å². The van der Waals surface area contributed by atoms with Crippen LogP contribution in [0, 0.1) is 0 Å². The van der Waals surface area contributed by atoms with Gasteiger partial charge < -0.3 is 21.7 Å². The molecule has 0 spiro atoms. The quantitative estimate of drug-likeness (QED) is 0.395. The molecule has 0 radical (unpaired) electrons. The highest BCUT2D eigenvalue weighted by Gasteiger charge is 2.20. The molecule has 0 fully saturated rings. The van der Waals surface area contributed by atoms with Gasteiger partial charge in [-0.3, -0.25) is 4.79 Å². The van der Waals surface area contributed by atoms with Gasteiger partial charge in [0.1, 0.15) is 0 Å². The van der Waals surface area contributed by atoms with Crippen molar-refractivity contribution < 1.29 is 19.8 Å². The molecule has 0 heterocycles. The van der Waals surface area contributed by atoms with Crippen LogP contribution >= 0.6 is 0 Å². The normalized spacial score (nSPS) is 10.4. The third-order valence-electron chi connectivity index (χ3n) is 1.96. The lowest BCUT2D eigenvalue weighted by Gasteiger charge is -2.09. The second kappa shape index (κ2) is 10.0. The fraction of sp³-hybridized carbons (Fsp3) is 0.818. The maximum atomic E-state index is 10.0. The molecule has 0 aliphatic carbocycles. The zero-order valence-corrected chi connectivity index (χ0v) is 10.6. The zero-order valence-electron chi connectivity index (χ0n) is 10.6. The third-order valence-corrected chi connectivity index (χ3v) is 1.96. The van der Waals surface area contributed by atoms with E-state index in [2.05, 4.69) is 6.92 Å². The maximum Gasteiger partial charge on any atom is 0.338 e. The van der Waals surface area contributed by atoms with E-state index in [1.807, 2.05) is 0 Å². The molecule has 0 amide bonds. The van der Waals surface area contributed by atoms with Gasteiger partial charge in [-0.1, -0.05) is 32.6 Å². The average molecular weight is 248 g/mol. The zero-order chi connectivity index (χ0) is 13.9. The molecular formula is C11H24N2O4. The summed E-state index contributed by atoms with van der Waals surface area (Å²) >= 11 is 0. The first-order chi connectivity index (χ1) is 7.71. The predicted molar refractivity (Wildman–Crippen MR) is 65.4 cm³/mol. The van der Waals surface area contributed by atoms with Gasteiger partial charge in [0.05, 0.1) is 0 Å². The highest BCUT2D eigenvalue weighted by molar-refractivity contribution is 5.76. The summed E-state index contributed by atoms with van der Waals surface area (Å²) in [5.74, 6) is -1.87. The van der Waals surface area contributed by atoms with Crippen molar-refractivity contribution in [2.24, 2.45) is 11.5 Å². The molecule has 0 aliphatic rings. The Bertz CT molecular complexity index is 224. The summed E-state index contributed by atoms with van der Waals surface area (Å²) in [5.41, 5.74) is 8.13. The molecule has 17 heavy (non-hydrogen) atoms. The fourth-order valence-electron chi connectivity index (χ4n) is 0.880. The van der Waals surface area contributed by atoms with E-state index in [-0.39, 0.29) is 0 Å². The molecule has 0 aliphatic heterocycles. The number of hydrogen-bond donors (Lipinski definition) is 4. The summed E-state index contributed by atoms with van der Waals surface area (Å²) in [4.78, 5) is 19.8. The van der Waals surface area contributed by atoms with Crippen LogP contribution in [0.25, 0.3) is 0 Å². The molecule has 0 rings (SSSR count). The van der Waals surface area contributed by atoms with Crippen LogP contribution in [0.5, 0.6) is 0 Å². The largest absolute Gasteiger partial charge is 0.481 e. The van der Waals surface area contributed by atoms with Crippen molar-refractivity contribution in [3.8, 4) is 0 Å². The van der Waals surface area contributed by atoms with Crippen LogP contribution in [-0.2, 0) is 9.59 Å². The molecule has 6 heteroatoms. The van der Waals surface area contributed by atoms with Crippen molar-refractivity contribution in [2.45, 2.75) is 58.0 Å². The van der Waals surface area contributed by atoms with E-state index >= 15 is 0 Å². The molecule has 6 nitrogen and oxygen atoms in total. The predicted octanol–water partition coefficient (Wildman–Crippen LogP) is 1.14. The standard InChI is InChI=1S/C8H16O2.C3H8N2O2/c1-2-3-4-5-6-7-8(9)10;1-3(4,5)2(6)7/h2-7H2,1H3,(H,9,10);4-5H2,1H3,(H,6,7). The van der Waals surface area contributed by atoms with Crippen LogP contribution in [0.2, 0.25) is 0 Å². The number of carboxylic acid groups (broad SMARTS) is 2. The van der Waals surface area contributed by atoms with E-state index in [1.165, 1.54) is 26.2 Å². The number of hydrogen-bond acceptors (Lipinski definition) is 4. The number of carboxylic acids is 2. The Balaban J connectivity index is 0. The summed E-state index contributed by atoms with van der Waals surface area (Å²) in [5, 5.41) is 16.3. The van der Waals surface area contributed by atoms with Gasteiger partial charge in [-0.15, -0.1) is 0 Å². The number of unbranched alkanes of at least 4 members (excludes halogenated alkanes) is 4. The van der Waals surface area contributed by atoms with E-state index < -0.39 is 17.6 Å². The highest BCUT2D eigenvalue weighted by atomic mass is 16.4. The lowest BCUT2D eigenvalue weighted by molar-refractivity contribution is -0.142. The number of nitrogens with two attached hydrogens (primary N) is 2. The summed E-state index contributed by atoms with van der Waals surface area (Å²) in [6.07, 6.45) is 5.88. The van der Waals surface area contributed by atoms with E-state index in [1.54, 1.807) is 0 Å². The van der Waals surface area contributed by atoms with Gasteiger partial charge in [-0.25, -0.2) is 4.79 Å². The Kier molecular flexibility index (Phi) is 10.8. The molecule has 0 aromatic heterocycles. The molecule has 102 valence electrons. The molecule has 0 unspecified atom stereocenters. The molecule has 0 aromatic rings. The summed E-state index contributed by atoms with van der Waals surface area (Å²) < 4.78 is 0. The maximum absolute atomic E-state index is 10.0. The van der Waals surface area contributed by atoms with Gasteiger partial charge in [0, 0.05) is 6.42 Å². The minimum Gasteiger partial charge on any atom is -0.481 e. The van der Waals surface area contributed by atoms with Crippen molar-refractivity contribution >= 4 is 11.9 Å². The third kappa shape index (κ3) is 17.5. The van der Waals surface area contributed by atoms with Crippen LogP contribution in [0.4, 0.5) is 0 Å². The monoisotopic (exact) mass is 248 g/mol. The Hall–Kier alpha value is -1.14. The molecule has 0 saturated heterocycles. The number of rotatable bonds is 7. The fourth-order valence-corrected chi connectivity index (χ4v) is 0.880. The van der Waals surface area contributed by atoms with Gasteiger partial charge in [0.15, 0.2) is 5.66 Å². The summed E-state index contributed by atoms with van der Waals surface area (Å²) in [6.45, 7) is 3.37. The van der Waals surface area contributed by atoms with E-state index in [0.29, 0.717) is 6.42 Å². The Labute approximate surface area is 102 Å². The van der Waals surface area contributed by atoms with Crippen LogP contribution < -0.4 is 11.5 Å². The Morgan fingerprint density at radius 1 is 1.06 bits per heavy atom. The minimum absolute atomic E-state index is 0.337. The van der Waals surface area contributed by atoms with Crippen LogP contribution in [0.15, 0.2) is 0 Å². The number of aliphatic carboxylic acids is 2. The SMILES string of the molecule is CC(N)(N)C(=O)O.CCCCCCCC(=O)O. The van der Waals surface area contributed by atoms with Crippen molar-refractivity contribution in [1.82, 2.24) is 0 Å². The Morgan fingerprint density at radius 3 is 1.76 bits per heavy atom. The second-order valence-electron chi connectivity index (χ2n) is 4.15. The lowest BCUT2D eigenvalue weighted by atomic mass is 10.1. The van der Waals surface area contributed by atoms with E-state index in [9.17, 15) is 9.59 Å². The molecule has 0 saturated carbocycles.